The molecule has 29 heavy (non-hydrogen) atoms. The van der Waals surface area contributed by atoms with E-state index in [-0.39, 0.29) is 24.2 Å². The molecule has 1 N–H and O–H groups in total. The molecule has 6 nitrogen and oxygen atoms in total. The summed E-state index contributed by atoms with van der Waals surface area (Å²) in [6.07, 6.45) is 3.42. The number of fused-ring (bicyclic) bond motifs is 1. The molecule has 0 saturated carbocycles. The van der Waals surface area contributed by atoms with Gasteiger partial charge in [-0.15, -0.1) is 11.3 Å². The Morgan fingerprint density at radius 1 is 1.17 bits per heavy atom. The van der Waals surface area contributed by atoms with Gasteiger partial charge in [-0.1, -0.05) is 36.4 Å². The van der Waals surface area contributed by atoms with E-state index in [9.17, 15) is 9.59 Å². The average molecular weight is 405 g/mol. The summed E-state index contributed by atoms with van der Waals surface area (Å²) in [5, 5.41) is 4.91. The van der Waals surface area contributed by atoms with E-state index in [0.29, 0.717) is 5.65 Å². The Bertz CT molecular complexity index is 1140. The predicted octanol–water partition coefficient (Wildman–Crippen LogP) is 3.77. The van der Waals surface area contributed by atoms with Crippen LogP contribution >= 0.6 is 11.3 Å². The minimum Gasteiger partial charge on any atom is -0.451 e. The Labute approximate surface area is 171 Å². The summed E-state index contributed by atoms with van der Waals surface area (Å²) < 4.78 is 6.92. The minimum atomic E-state index is -0.631. The van der Waals surface area contributed by atoms with Crippen molar-refractivity contribution in [3.05, 3.63) is 94.1 Å². The first-order chi connectivity index (χ1) is 14.1. The summed E-state index contributed by atoms with van der Waals surface area (Å²) in [7, 11) is 0. The molecule has 0 fully saturated rings. The monoisotopic (exact) mass is 405 g/mol. The molecule has 4 aromatic rings. The quantitative estimate of drug-likeness (QED) is 0.496. The number of imidazole rings is 1. The molecule has 7 heteroatoms. The van der Waals surface area contributed by atoms with E-state index in [0.717, 1.165) is 16.0 Å². The number of ether oxygens (including phenoxy) is 1. The summed E-state index contributed by atoms with van der Waals surface area (Å²) >= 11 is 1.56. The number of carbonyl (C=O) groups is 2. The zero-order valence-electron chi connectivity index (χ0n) is 15.7. The van der Waals surface area contributed by atoms with Gasteiger partial charge in [0.2, 0.25) is 0 Å². The highest BCUT2D eigenvalue weighted by molar-refractivity contribution is 7.10. The number of hydrogen-bond donors (Lipinski definition) is 1. The molecule has 1 aromatic carbocycles. The van der Waals surface area contributed by atoms with Gasteiger partial charge < -0.3 is 14.5 Å². The van der Waals surface area contributed by atoms with Crippen LogP contribution in [0.15, 0.2) is 72.4 Å². The lowest BCUT2D eigenvalue weighted by Gasteiger charge is -2.18. The van der Waals surface area contributed by atoms with Crippen molar-refractivity contribution in [3.63, 3.8) is 0 Å². The highest BCUT2D eigenvalue weighted by Gasteiger charge is 2.19. The highest BCUT2D eigenvalue weighted by atomic mass is 32.1. The molecule has 4 rings (SSSR count). The van der Waals surface area contributed by atoms with E-state index in [1.807, 2.05) is 73.1 Å². The van der Waals surface area contributed by atoms with Crippen LogP contribution in [0.25, 0.3) is 5.65 Å². The van der Waals surface area contributed by atoms with Crippen LogP contribution in [0.5, 0.6) is 0 Å². The van der Waals surface area contributed by atoms with Crippen LogP contribution in [0, 0.1) is 6.92 Å². The maximum Gasteiger partial charge on any atom is 0.359 e. The second-order valence-corrected chi connectivity index (χ2v) is 7.58. The minimum absolute atomic E-state index is 0.168. The Balaban J connectivity index is 1.42. The number of nitrogens with one attached hydrogen (secondary N) is 1. The van der Waals surface area contributed by atoms with Gasteiger partial charge in [0.25, 0.3) is 5.91 Å². The van der Waals surface area contributed by atoms with Gasteiger partial charge in [0, 0.05) is 17.3 Å². The summed E-state index contributed by atoms with van der Waals surface area (Å²) in [6, 6.07) is 17.1. The number of aryl methyl sites for hydroxylation is 1. The van der Waals surface area contributed by atoms with Crippen molar-refractivity contribution in [2.45, 2.75) is 13.0 Å². The maximum absolute atomic E-state index is 12.5. The molecule has 0 saturated heterocycles. The fourth-order valence-corrected chi connectivity index (χ4v) is 3.81. The summed E-state index contributed by atoms with van der Waals surface area (Å²) in [5.41, 5.74) is 2.83. The number of hydrogen-bond acceptors (Lipinski definition) is 5. The number of esters is 1. The SMILES string of the molecule is Cc1ccn2cc(C(=O)OCC(=O)NC(c3ccccc3)c3cccs3)nc2c1. The van der Waals surface area contributed by atoms with E-state index in [2.05, 4.69) is 10.3 Å². The Morgan fingerprint density at radius 2 is 2.00 bits per heavy atom. The highest BCUT2D eigenvalue weighted by Crippen LogP contribution is 2.25. The Kier molecular flexibility index (Phi) is 5.39. The van der Waals surface area contributed by atoms with Gasteiger partial charge >= 0.3 is 5.97 Å². The number of pyridine rings is 1. The van der Waals surface area contributed by atoms with Crippen molar-refractivity contribution in [3.8, 4) is 0 Å². The van der Waals surface area contributed by atoms with E-state index >= 15 is 0 Å². The first-order valence-electron chi connectivity index (χ1n) is 9.10. The predicted molar refractivity (Wildman–Crippen MR) is 111 cm³/mol. The fraction of sp³-hybridized carbons (Fsp3) is 0.136. The number of benzene rings is 1. The molecule has 3 heterocycles. The average Bonchev–Trinajstić information content (AvgIpc) is 3.40. The van der Waals surface area contributed by atoms with Gasteiger partial charge in [0.05, 0.1) is 6.04 Å². The molecular weight excluding hydrogens is 386 g/mol. The zero-order chi connectivity index (χ0) is 20.2. The van der Waals surface area contributed by atoms with Gasteiger partial charge in [-0.2, -0.15) is 0 Å². The third-order valence-corrected chi connectivity index (χ3v) is 5.36. The number of thiophene rings is 1. The molecule has 1 atom stereocenters. The number of carbonyl (C=O) groups excluding carboxylic acids is 2. The van der Waals surface area contributed by atoms with Crippen molar-refractivity contribution in [2.24, 2.45) is 0 Å². The van der Waals surface area contributed by atoms with Crippen LogP contribution in [-0.2, 0) is 9.53 Å². The van der Waals surface area contributed by atoms with E-state index < -0.39 is 5.97 Å². The van der Waals surface area contributed by atoms with Gasteiger partial charge in [0.1, 0.15) is 5.65 Å². The third-order valence-electron chi connectivity index (χ3n) is 4.43. The van der Waals surface area contributed by atoms with Gasteiger partial charge in [0.15, 0.2) is 12.3 Å². The number of aromatic nitrogens is 2. The smallest absolute Gasteiger partial charge is 0.359 e. The van der Waals surface area contributed by atoms with E-state index in [1.165, 1.54) is 0 Å². The topological polar surface area (TPSA) is 72.7 Å². The third kappa shape index (κ3) is 4.35. The molecule has 1 amide bonds. The van der Waals surface area contributed by atoms with Crippen LogP contribution in [0.3, 0.4) is 0 Å². The lowest BCUT2D eigenvalue weighted by molar-refractivity contribution is -0.124. The van der Waals surface area contributed by atoms with Gasteiger partial charge in [-0.25, -0.2) is 9.78 Å². The van der Waals surface area contributed by atoms with Crippen LogP contribution in [0.1, 0.15) is 32.5 Å². The molecule has 0 spiro atoms. The standard InChI is InChI=1S/C22H19N3O3S/c1-15-9-10-25-13-17(23-19(25)12-15)22(27)28-14-20(26)24-21(18-8-5-11-29-18)16-6-3-2-4-7-16/h2-13,21H,14H2,1H3,(H,24,26). The largest absolute Gasteiger partial charge is 0.451 e. The van der Waals surface area contributed by atoms with Crippen LogP contribution in [0.4, 0.5) is 0 Å². The van der Waals surface area contributed by atoms with Crippen LogP contribution in [0.2, 0.25) is 0 Å². The second kappa shape index (κ2) is 8.28. The maximum atomic E-state index is 12.5. The summed E-state index contributed by atoms with van der Waals surface area (Å²) in [5.74, 6) is -1.01. The zero-order valence-corrected chi connectivity index (χ0v) is 16.6. The van der Waals surface area contributed by atoms with Crippen molar-refractivity contribution in [1.82, 2.24) is 14.7 Å². The van der Waals surface area contributed by atoms with E-state index in [1.54, 1.807) is 21.9 Å². The van der Waals surface area contributed by atoms with Gasteiger partial charge in [-0.05, 0) is 41.6 Å². The molecule has 0 bridgehead atoms. The normalized spacial score (nSPS) is 11.9. The summed E-state index contributed by atoms with van der Waals surface area (Å²) in [4.78, 5) is 30.0. The first kappa shape index (κ1) is 18.9. The number of nitrogens with zero attached hydrogens (tertiary/aromatic N) is 2. The summed E-state index contributed by atoms with van der Waals surface area (Å²) in [6.45, 7) is 1.58. The van der Waals surface area contributed by atoms with Crippen LogP contribution in [-0.4, -0.2) is 27.9 Å². The van der Waals surface area contributed by atoms with Crippen molar-refractivity contribution in [1.29, 1.82) is 0 Å². The first-order valence-corrected chi connectivity index (χ1v) is 9.98. The Hall–Kier alpha value is -3.45. The molecular formula is C22H19N3O3S. The van der Waals surface area contributed by atoms with Gasteiger partial charge in [-0.3, -0.25) is 4.79 Å². The molecule has 3 aromatic heterocycles. The molecule has 0 radical (unpaired) electrons. The molecule has 0 aliphatic heterocycles. The van der Waals surface area contributed by atoms with Crippen molar-refractivity contribution in [2.75, 3.05) is 6.61 Å². The lowest BCUT2D eigenvalue weighted by atomic mass is 10.1. The molecule has 0 aliphatic carbocycles. The van der Waals surface area contributed by atoms with Crippen molar-refractivity contribution >= 4 is 28.9 Å². The number of amides is 1. The fourth-order valence-electron chi connectivity index (χ4n) is 3.01. The van der Waals surface area contributed by atoms with Crippen LogP contribution < -0.4 is 5.32 Å². The molecule has 0 aliphatic rings. The Morgan fingerprint density at radius 3 is 2.76 bits per heavy atom. The molecule has 1 unspecified atom stereocenters. The van der Waals surface area contributed by atoms with E-state index in [4.69, 9.17) is 4.74 Å². The molecule has 146 valence electrons. The lowest BCUT2D eigenvalue weighted by Crippen LogP contribution is -2.32. The second-order valence-electron chi connectivity index (χ2n) is 6.60. The van der Waals surface area contributed by atoms with Crippen molar-refractivity contribution < 1.29 is 14.3 Å². The number of rotatable bonds is 6.